The van der Waals surface area contributed by atoms with E-state index >= 15 is 0 Å². The third-order valence-electron chi connectivity index (χ3n) is 9.60. The van der Waals surface area contributed by atoms with Crippen LogP contribution in [-0.4, -0.2) is 11.6 Å². The summed E-state index contributed by atoms with van der Waals surface area (Å²) in [6, 6.07) is 7.47. The molecule has 0 N–H and O–H groups in total. The van der Waals surface area contributed by atoms with Gasteiger partial charge in [-0.3, -0.25) is 9.59 Å². The lowest BCUT2D eigenvalue weighted by molar-refractivity contribution is 0.0242. The van der Waals surface area contributed by atoms with Gasteiger partial charge in [-0.05, 0) is 97.8 Å². The fourth-order valence-corrected chi connectivity index (χ4v) is 7.16. The first-order chi connectivity index (χ1) is 18.1. The lowest BCUT2D eigenvalue weighted by Gasteiger charge is -2.50. The molecule has 3 aliphatic carbocycles. The molecule has 2 bridgehead atoms. The van der Waals surface area contributed by atoms with Crippen molar-refractivity contribution in [3.05, 3.63) is 94.1 Å². The number of hydrogen-bond acceptors (Lipinski definition) is 2. The van der Waals surface area contributed by atoms with E-state index in [-0.39, 0.29) is 23.4 Å². The Kier molecular flexibility index (Phi) is 8.60. The Bertz CT molecular complexity index is 1230. The second kappa shape index (κ2) is 11.6. The number of ketones is 2. The summed E-state index contributed by atoms with van der Waals surface area (Å²) >= 11 is 0. The molecule has 0 heterocycles. The van der Waals surface area contributed by atoms with E-state index in [1.165, 1.54) is 22.3 Å². The van der Waals surface area contributed by atoms with Gasteiger partial charge in [0.05, 0.1) is 10.8 Å². The van der Waals surface area contributed by atoms with Crippen LogP contribution in [0.25, 0.3) is 0 Å². The quantitative estimate of drug-likeness (QED) is 0.278. The fraction of sp³-hybridized carbons (Fsp3) is 0.500. The highest BCUT2D eigenvalue weighted by molar-refractivity contribution is 6.20. The SMILES string of the molecule is CC(C)=CCC/C(C)=C/CC/C(C)=C/CC/C(C)=C/C[C@@]12C(=O)c3ccccc3C(=O)[C@]1(C)[C@@H]1C=C[C@H]2C1. The maximum Gasteiger partial charge on any atom is 0.171 e. The number of carbonyl (C=O) groups is 2. The summed E-state index contributed by atoms with van der Waals surface area (Å²) in [4.78, 5) is 27.9. The zero-order valence-corrected chi connectivity index (χ0v) is 24.4. The first kappa shape index (κ1) is 28.3. The molecule has 1 saturated carbocycles. The molecule has 0 spiro atoms. The first-order valence-corrected chi connectivity index (χ1v) is 14.6. The predicted octanol–water partition coefficient (Wildman–Crippen LogP) is 9.80. The maximum atomic E-state index is 14.1. The third kappa shape index (κ3) is 5.12. The van der Waals surface area contributed by atoms with Crippen LogP contribution in [0.3, 0.4) is 0 Å². The molecule has 0 radical (unpaired) electrons. The van der Waals surface area contributed by atoms with Crippen molar-refractivity contribution in [3.8, 4) is 0 Å². The zero-order valence-electron chi connectivity index (χ0n) is 24.4. The summed E-state index contributed by atoms with van der Waals surface area (Å²) in [5.41, 5.74) is 5.58. The highest BCUT2D eigenvalue weighted by Crippen LogP contribution is 2.69. The predicted molar refractivity (Wildman–Crippen MR) is 159 cm³/mol. The number of benzene rings is 1. The van der Waals surface area contributed by atoms with E-state index in [4.69, 9.17) is 0 Å². The molecule has 38 heavy (non-hydrogen) atoms. The summed E-state index contributed by atoms with van der Waals surface area (Å²) in [6.45, 7) is 13.1. The number of allylic oxidation sites excluding steroid dienone is 10. The van der Waals surface area contributed by atoms with Crippen molar-refractivity contribution in [2.24, 2.45) is 22.7 Å². The van der Waals surface area contributed by atoms with E-state index in [9.17, 15) is 9.59 Å². The summed E-state index contributed by atoms with van der Waals surface area (Å²) in [5, 5.41) is 0. The molecule has 0 aliphatic heterocycles. The van der Waals surface area contributed by atoms with E-state index in [1.807, 2.05) is 24.3 Å². The maximum absolute atomic E-state index is 14.1. The second-order valence-corrected chi connectivity index (χ2v) is 12.5. The Morgan fingerprint density at radius 1 is 0.737 bits per heavy atom. The van der Waals surface area contributed by atoms with Crippen LogP contribution in [0.2, 0.25) is 0 Å². The normalized spacial score (nSPS) is 28.5. The molecular formula is C36H46O2. The molecule has 0 saturated heterocycles. The van der Waals surface area contributed by atoms with E-state index < -0.39 is 10.8 Å². The molecule has 202 valence electrons. The van der Waals surface area contributed by atoms with Crippen molar-refractivity contribution in [1.29, 1.82) is 0 Å². The van der Waals surface area contributed by atoms with Crippen LogP contribution in [0.15, 0.2) is 83.0 Å². The summed E-state index contributed by atoms with van der Waals surface area (Å²) in [5.74, 6) is 0.639. The molecule has 0 unspecified atom stereocenters. The van der Waals surface area contributed by atoms with Gasteiger partial charge in [0.25, 0.3) is 0 Å². The molecule has 2 heteroatoms. The minimum absolute atomic E-state index is 0.145. The number of rotatable bonds is 11. The Labute approximate surface area is 230 Å². The monoisotopic (exact) mass is 510 g/mol. The van der Waals surface area contributed by atoms with Crippen molar-refractivity contribution < 1.29 is 9.59 Å². The third-order valence-corrected chi connectivity index (χ3v) is 9.60. The Hall–Kier alpha value is -2.74. The van der Waals surface area contributed by atoms with Crippen molar-refractivity contribution >= 4 is 11.6 Å². The van der Waals surface area contributed by atoms with Gasteiger partial charge < -0.3 is 0 Å². The van der Waals surface area contributed by atoms with Gasteiger partial charge in [0.2, 0.25) is 0 Å². The van der Waals surface area contributed by atoms with Crippen LogP contribution in [0.1, 0.15) is 114 Å². The Morgan fingerprint density at radius 2 is 1.24 bits per heavy atom. The van der Waals surface area contributed by atoms with Crippen molar-refractivity contribution in [3.63, 3.8) is 0 Å². The highest BCUT2D eigenvalue weighted by atomic mass is 16.1. The summed E-state index contributed by atoms with van der Waals surface area (Å²) < 4.78 is 0. The van der Waals surface area contributed by atoms with Crippen LogP contribution in [0, 0.1) is 22.7 Å². The number of Topliss-reactive ketones (excluding diaryl/α,β-unsaturated/α-hetero) is 2. The fourth-order valence-electron chi connectivity index (χ4n) is 7.16. The van der Waals surface area contributed by atoms with Crippen LogP contribution in [0.4, 0.5) is 0 Å². The van der Waals surface area contributed by atoms with Gasteiger partial charge in [-0.2, -0.15) is 0 Å². The smallest absolute Gasteiger partial charge is 0.171 e. The molecule has 1 aromatic rings. The van der Waals surface area contributed by atoms with Gasteiger partial charge in [0.1, 0.15) is 0 Å². The van der Waals surface area contributed by atoms with Gasteiger partial charge in [0.15, 0.2) is 11.6 Å². The Balaban J connectivity index is 1.38. The van der Waals surface area contributed by atoms with Gasteiger partial charge in [0, 0.05) is 11.1 Å². The van der Waals surface area contributed by atoms with E-state index in [1.54, 1.807) is 0 Å². The van der Waals surface area contributed by atoms with E-state index in [0.29, 0.717) is 17.5 Å². The number of fused-ring (bicyclic) bond motifs is 6. The molecule has 3 aliphatic rings. The standard InChI is InChI=1S/C36H46O2/c1-25(2)12-9-13-26(3)14-10-15-27(4)16-11-17-28(5)22-23-36-30-21-20-29(24-30)35(36,6)33(37)31-18-7-8-19-32(31)34(36)38/h7-8,12,14,16,18-22,29-30H,9-11,13,15,17,23-24H2,1-6H3/b26-14+,27-16+,28-22+/t29-,30+,35+,36-/m1/s1. The van der Waals surface area contributed by atoms with Crippen LogP contribution in [-0.2, 0) is 0 Å². The van der Waals surface area contributed by atoms with Crippen molar-refractivity contribution in [2.45, 2.75) is 92.9 Å². The first-order valence-electron chi connectivity index (χ1n) is 14.6. The number of carbonyl (C=O) groups excluding carboxylic acids is 2. The zero-order chi connectivity index (χ0) is 27.5. The molecule has 2 nitrogen and oxygen atoms in total. The molecule has 0 amide bonds. The van der Waals surface area contributed by atoms with Crippen molar-refractivity contribution in [1.82, 2.24) is 0 Å². The minimum Gasteiger partial charge on any atom is -0.293 e. The minimum atomic E-state index is -0.652. The van der Waals surface area contributed by atoms with E-state index in [0.717, 1.165) is 44.9 Å². The van der Waals surface area contributed by atoms with Crippen LogP contribution < -0.4 is 0 Å². The van der Waals surface area contributed by atoms with Gasteiger partial charge >= 0.3 is 0 Å². The average Bonchev–Trinajstić information content (AvgIpc) is 3.47. The average molecular weight is 511 g/mol. The molecule has 0 aromatic heterocycles. The molecular weight excluding hydrogens is 464 g/mol. The topological polar surface area (TPSA) is 34.1 Å². The Morgan fingerprint density at radius 3 is 1.82 bits per heavy atom. The number of hydrogen-bond donors (Lipinski definition) is 0. The van der Waals surface area contributed by atoms with E-state index in [2.05, 4.69) is 78.0 Å². The van der Waals surface area contributed by atoms with Crippen LogP contribution >= 0.6 is 0 Å². The summed E-state index contributed by atoms with van der Waals surface area (Å²) in [6.07, 6.45) is 21.8. The highest BCUT2D eigenvalue weighted by Gasteiger charge is 2.71. The largest absolute Gasteiger partial charge is 0.293 e. The lowest BCUT2D eigenvalue weighted by atomic mass is 9.49. The summed E-state index contributed by atoms with van der Waals surface area (Å²) in [7, 11) is 0. The van der Waals surface area contributed by atoms with Gasteiger partial charge in [-0.15, -0.1) is 0 Å². The molecule has 1 fully saturated rings. The van der Waals surface area contributed by atoms with Gasteiger partial charge in [-0.1, -0.05) is 89.9 Å². The van der Waals surface area contributed by atoms with Crippen molar-refractivity contribution in [2.75, 3.05) is 0 Å². The second-order valence-electron chi connectivity index (χ2n) is 12.5. The molecule has 4 atom stereocenters. The molecule has 4 rings (SSSR count). The lowest BCUT2D eigenvalue weighted by Crippen LogP contribution is -2.56. The molecule has 1 aromatic carbocycles. The van der Waals surface area contributed by atoms with Gasteiger partial charge in [-0.25, -0.2) is 0 Å². The van der Waals surface area contributed by atoms with Crippen LogP contribution in [0.5, 0.6) is 0 Å².